The van der Waals surface area contributed by atoms with E-state index in [1.54, 1.807) is 0 Å². The minimum absolute atomic E-state index is 0.218. The molecule has 0 radical (unpaired) electrons. The molecule has 0 aromatic heterocycles. The number of amides is 1. The summed E-state index contributed by atoms with van der Waals surface area (Å²) in [6.07, 6.45) is 1.86. The number of nitrogens with zero attached hydrogens (tertiary/aromatic N) is 1. The molecule has 1 aliphatic heterocycles. The number of ether oxygens (including phenoxy) is 1. The Morgan fingerprint density at radius 1 is 1.43 bits per heavy atom. The van der Waals surface area contributed by atoms with Crippen LogP contribution < -0.4 is 5.73 Å². The van der Waals surface area contributed by atoms with Crippen LogP contribution in [-0.4, -0.2) is 36.2 Å². The summed E-state index contributed by atoms with van der Waals surface area (Å²) >= 11 is 3.63. The summed E-state index contributed by atoms with van der Waals surface area (Å²) in [7, 11) is 0. The highest BCUT2D eigenvalue weighted by Crippen LogP contribution is 2.35. The van der Waals surface area contributed by atoms with Gasteiger partial charge in [0, 0.05) is 23.5 Å². The van der Waals surface area contributed by atoms with Crippen molar-refractivity contribution in [1.82, 2.24) is 4.90 Å². The predicted molar refractivity (Wildman–Crippen MR) is 96.5 cm³/mol. The van der Waals surface area contributed by atoms with Crippen molar-refractivity contribution in [2.45, 2.75) is 45.1 Å². The van der Waals surface area contributed by atoms with Gasteiger partial charge in [-0.2, -0.15) is 0 Å². The first-order chi connectivity index (χ1) is 10.8. The number of likely N-dealkylation sites (tertiary alicyclic amines) is 1. The molecule has 1 fully saturated rings. The van der Waals surface area contributed by atoms with Gasteiger partial charge in [0.05, 0.1) is 0 Å². The van der Waals surface area contributed by atoms with Crippen molar-refractivity contribution in [1.29, 1.82) is 0 Å². The van der Waals surface area contributed by atoms with Crippen molar-refractivity contribution < 1.29 is 9.53 Å². The lowest BCUT2D eigenvalue weighted by Crippen LogP contribution is -2.45. The highest BCUT2D eigenvalue weighted by Gasteiger charge is 2.32. The zero-order chi connectivity index (χ0) is 17.0. The van der Waals surface area contributed by atoms with Crippen LogP contribution in [0, 0.1) is 5.92 Å². The van der Waals surface area contributed by atoms with Crippen LogP contribution in [0.15, 0.2) is 28.7 Å². The third kappa shape index (κ3) is 4.95. The van der Waals surface area contributed by atoms with Crippen LogP contribution >= 0.6 is 15.9 Å². The molecule has 1 aliphatic rings. The molecular formula is C18H27BrN2O2. The van der Waals surface area contributed by atoms with Gasteiger partial charge in [-0.25, -0.2) is 4.79 Å². The zero-order valence-corrected chi connectivity index (χ0v) is 15.8. The van der Waals surface area contributed by atoms with Gasteiger partial charge in [0.15, 0.2) is 0 Å². The maximum atomic E-state index is 12.3. The van der Waals surface area contributed by atoms with Crippen LogP contribution in [0.4, 0.5) is 4.79 Å². The van der Waals surface area contributed by atoms with Crippen LogP contribution in [0.3, 0.4) is 0 Å². The largest absolute Gasteiger partial charge is 0.444 e. The monoisotopic (exact) mass is 382 g/mol. The van der Waals surface area contributed by atoms with Gasteiger partial charge in [0.2, 0.25) is 0 Å². The summed E-state index contributed by atoms with van der Waals surface area (Å²) in [4.78, 5) is 14.2. The molecule has 2 unspecified atom stereocenters. The number of rotatable bonds is 3. The molecule has 2 atom stereocenters. The van der Waals surface area contributed by atoms with Gasteiger partial charge in [-0.05, 0) is 57.7 Å². The second kappa shape index (κ2) is 7.67. The Bertz CT molecular complexity index is 542. The van der Waals surface area contributed by atoms with E-state index in [0.717, 1.165) is 23.9 Å². The van der Waals surface area contributed by atoms with Gasteiger partial charge in [-0.15, -0.1) is 0 Å². The number of halogens is 1. The Balaban J connectivity index is 2.10. The molecule has 1 aromatic rings. The summed E-state index contributed by atoms with van der Waals surface area (Å²) in [6.45, 7) is 7.74. The van der Waals surface area contributed by atoms with Crippen molar-refractivity contribution in [3.63, 3.8) is 0 Å². The molecule has 1 aromatic carbocycles. The molecule has 2 N–H and O–H groups in total. The molecule has 0 saturated carbocycles. The molecule has 1 saturated heterocycles. The number of benzene rings is 1. The minimum atomic E-state index is -0.459. The quantitative estimate of drug-likeness (QED) is 0.854. The normalized spacial score (nSPS) is 20.2. The molecule has 2 rings (SSSR count). The fraction of sp³-hybridized carbons (Fsp3) is 0.611. The fourth-order valence-corrected chi connectivity index (χ4v) is 3.76. The Kier molecular flexibility index (Phi) is 6.09. The van der Waals surface area contributed by atoms with Crippen molar-refractivity contribution in [2.24, 2.45) is 11.7 Å². The number of carbonyl (C=O) groups is 1. The molecule has 0 aliphatic carbocycles. The van der Waals surface area contributed by atoms with Gasteiger partial charge in [-0.3, -0.25) is 0 Å². The topological polar surface area (TPSA) is 55.6 Å². The van der Waals surface area contributed by atoms with E-state index in [1.165, 1.54) is 5.56 Å². The van der Waals surface area contributed by atoms with Crippen LogP contribution in [0.1, 0.15) is 45.1 Å². The van der Waals surface area contributed by atoms with Gasteiger partial charge < -0.3 is 15.4 Å². The summed E-state index contributed by atoms with van der Waals surface area (Å²) in [6, 6.07) is 8.22. The molecule has 1 heterocycles. The maximum Gasteiger partial charge on any atom is 0.410 e. The Labute approximate surface area is 147 Å². The van der Waals surface area contributed by atoms with E-state index in [-0.39, 0.29) is 12.0 Å². The molecule has 1 amide bonds. The summed E-state index contributed by atoms with van der Waals surface area (Å²) < 4.78 is 6.60. The van der Waals surface area contributed by atoms with E-state index >= 15 is 0 Å². The first kappa shape index (κ1) is 18.3. The number of carbonyl (C=O) groups excluding carboxylic acids is 1. The maximum absolute atomic E-state index is 12.3. The first-order valence-electron chi connectivity index (χ1n) is 8.24. The van der Waals surface area contributed by atoms with Crippen molar-refractivity contribution in [3.8, 4) is 0 Å². The van der Waals surface area contributed by atoms with Crippen molar-refractivity contribution >= 4 is 22.0 Å². The summed E-state index contributed by atoms with van der Waals surface area (Å²) in [5.74, 6) is 0.607. The molecule has 4 nitrogen and oxygen atoms in total. The summed E-state index contributed by atoms with van der Waals surface area (Å²) in [5, 5.41) is 0. The van der Waals surface area contributed by atoms with E-state index in [0.29, 0.717) is 19.0 Å². The van der Waals surface area contributed by atoms with Gasteiger partial charge in [0.25, 0.3) is 0 Å². The molecule has 128 valence electrons. The Morgan fingerprint density at radius 2 is 2.13 bits per heavy atom. The Morgan fingerprint density at radius 3 is 2.74 bits per heavy atom. The second-order valence-corrected chi connectivity index (χ2v) is 8.05. The summed E-state index contributed by atoms with van der Waals surface area (Å²) in [5.41, 5.74) is 6.84. The average Bonchev–Trinajstić information content (AvgIpc) is 2.48. The molecule has 23 heavy (non-hydrogen) atoms. The fourth-order valence-electron chi connectivity index (χ4n) is 3.18. The predicted octanol–water partition coefficient (Wildman–Crippen LogP) is 4.14. The third-order valence-corrected chi connectivity index (χ3v) is 4.96. The van der Waals surface area contributed by atoms with Crippen LogP contribution in [0.5, 0.6) is 0 Å². The first-order valence-corrected chi connectivity index (χ1v) is 9.03. The number of nitrogens with two attached hydrogens (primary N) is 1. The number of piperidine rings is 1. The SMILES string of the molecule is CC(C)(C)OC(=O)N1CCCC(C(CN)c2ccccc2Br)C1. The van der Waals surface area contributed by atoms with Crippen molar-refractivity contribution in [3.05, 3.63) is 34.3 Å². The van der Waals surface area contributed by atoms with E-state index < -0.39 is 5.60 Å². The van der Waals surface area contributed by atoms with Crippen LogP contribution in [-0.2, 0) is 4.74 Å². The minimum Gasteiger partial charge on any atom is -0.444 e. The molecule has 5 heteroatoms. The van der Waals surface area contributed by atoms with E-state index in [9.17, 15) is 4.79 Å². The van der Waals surface area contributed by atoms with Crippen LogP contribution in [0.25, 0.3) is 0 Å². The van der Waals surface area contributed by atoms with Crippen molar-refractivity contribution in [2.75, 3.05) is 19.6 Å². The highest BCUT2D eigenvalue weighted by atomic mass is 79.9. The lowest BCUT2D eigenvalue weighted by atomic mass is 9.81. The lowest BCUT2D eigenvalue weighted by molar-refractivity contribution is 0.0152. The molecule has 0 bridgehead atoms. The average molecular weight is 383 g/mol. The van der Waals surface area contributed by atoms with E-state index in [4.69, 9.17) is 10.5 Å². The van der Waals surface area contributed by atoms with Gasteiger partial charge >= 0.3 is 6.09 Å². The third-order valence-electron chi connectivity index (χ3n) is 4.24. The lowest BCUT2D eigenvalue weighted by Gasteiger charge is -2.37. The molecule has 0 spiro atoms. The van der Waals surface area contributed by atoms with Gasteiger partial charge in [0.1, 0.15) is 5.60 Å². The van der Waals surface area contributed by atoms with Crippen LogP contribution in [0.2, 0.25) is 0 Å². The zero-order valence-electron chi connectivity index (χ0n) is 14.2. The highest BCUT2D eigenvalue weighted by molar-refractivity contribution is 9.10. The number of hydrogen-bond acceptors (Lipinski definition) is 3. The standard InChI is InChI=1S/C18H27BrN2O2/c1-18(2,3)23-17(22)21-10-6-7-13(12-21)15(11-20)14-8-4-5-9-16(14)19/h4-5,8-9,13,15H,6-7,10-12,20H2,1-3H3. The van der Waals surface area contributed by atoms with E-state index in [1.807, 2.05) is 43.9 Å². The number of hydrogen-bond donors (Lipinski definition) is 1. The van der Waals surface area contributed by atoms with Gasteiger partial charge in [-0.1, -0.05) is 34.1 Å². The Hall–Kier alpha value is -1.07. The second-order valence-electron chi connectivity index (χ2n) is 7.19. The van der Waals surface area contributed by atoms with E-state index in [2.05, 4.69) is 22.0 Å². The molecular weight excluding hydrogens is 356 g/mol. The smallest absolute Gasteiger partial charge is 0.410 e.